The monoisotopic (exact) mass is 1620 g/mol. The lowest BCUT2D eigenvalue weighted by Crippen LogP contribution is -2.46. The minimum Gasteiger partial charge on any atom is -0.577 e. The van der Waals surface area contributed by atoms with Crippen molar-refractivity contribution < 1.29 is 78.2 Å². The first-order chi connectivity index (χ1) is 53.0. The summed E-state index contributed by atoms with van der Waals surface area (Å²) < 4.78 is 27.1. The van der Waals surface area contributed by atoms with Crippen LogP contribution < -0.4 is 42.2 Å². The fraction of sp³-hybridized carbons (Fsp3) is 0.687. The number of carboxylic acids is 1. The maximum atomic E-state index is 13.2. The van der Waals surface area contributed by atoms with Gasteiger partial charge in [0.15, 0.2) is 17.3 Å². The van der Waals surface area contributed by atoms with Crippen molar-refractivity contribution in [3.8, 4) is 11.5 Å². The van der Waals surface area contributed by atoms with Crippen molar-refractivity contribution in [1.29, 1.82) is 12.1 Å². The topological polar surface area (TPSA) is 418 Å². The third-order valence-electron chi connectivity index (χ3n) is 17.9. The zero-order chi connectivity index (χ0) is 86.6. The van der Waals surface area contributed by atoms with E-state index in [-0.39, 0.29) is 51.4 Å². The molecule has 2 rings (SSSR count). The Kier molecular flexibility index (Phi) is 56.2. The largest absolute Gasteiger partial charge is 0.577 e. The molecular weight excluding hydrogens is 1470 g/mol. The van der Waals surface area contributed by atoms with Crippen LogP contribution in [-0.2, 0) is 52.6 Å². The highest BCUT2D eigenvalue weighted by atomic mass is 31.0. The molecule has 0 aliphatic heterocycles. The Morgan fingerprint density at radius 1 is 0.575 bits per heavy atom. The summed E-state index contributed by atoms with van der Waals surface area (Å²) in [5, 5.41) is 34.7. The number of aliphatic imine (C=N–C) groups is 1. The average molecular weight is 1620 g/mol. The SMILES string of the molecule is C.CCC(=N)CCCC[C@H](NC(=O)CC(=O)OC(C)(C)C)C(=O)CCCN(C)C(=O)Oc1cccc([C@H](CC)[C@@H](C)CN(C)C)c1.CC[C@@H](c1cccc(OC(=O)N(C)CCCC(=O)[C@H](CCCCC(=N)N)NC(=O)CC(=O)O)c1)[C@@H](C)CN(C)C.CN=C(N)CCCC[C@H](NC(=O)C(=O)OC(C)(C)C)C(=O)CCCNC.[3H][PH-].[HH]. The molecule has 0 bridgehead atoms. The van der Waals surface area contributed by atoms with Crippen LogP contribution in [0.2, 0.25) is 0 Å². The number of hydrogen-bond acceptors (Lipinski definition) is 21. The maximum absolute atomic E-state index is 13.2. The fourth-order valence-electron chi connectivity index (χ4n) is 12.4. The second kappa shape index (κ2) is 59.4. The first-order valence-corrected chi connectivity index (χ1v) is 39.2. The summed E-state index contributed by atoms with van der Waals surface area (Å²) in [5.41, 5.74) is 12.4. The molecule has 0 saturated heterocycles. The number of hydrogen-bond donors (Lipinski definition) is 9. The summed E-state index contributed by atoms with van der Waals surface area (Å²) in [5.74, 6) is -2.50. The van der Waals surface area contributed by atoms with Gasteiger partial charge in [0.1, 0.15) is 35.5 Å². The summed E-state index contributed by atoms with van der Waals surface area (Å²) >= 11 is 0. The van der Waals surface area contributed by atoms with Gasteiger partial charge in [-0.2, -0.15) is 0 Å². The van der Waals surface area contributed by atoms with Gasteiger partial charge in [0.25, 0.3) is 0 Å². The number of nitrogens with zero attached hydrogens (tertiary/aromatic N) is 5. The zero-order valence-electron chi connectivity index (χ0n) is 71.9. The van der Waals surface area contributed by atoms with Crippen molar-refractivity contribution >= 4 is 92.4 Å². The van der Waals surface area contributed by atoms with Gasteiger partial charge in [0, 0.05) is 86.6 Å². The van der Waals surface area contributed by atoms with Gasteiger partial charge in [0.05, 0.1) is 29.8 Å². The van der Waals surface area contributed by atoms with Crippen molar-refractivity contribution in [3.63, 3.8) is 0 Å². The molecule has 646 valence electrons. The minimum atomic E-state index is -1.28. The maximum Gasteiger partial charge on any atom is 0.414 e. The number of nitrogens with two attached hydrogens (primary N) is 2. The molecule has 0 spiro atoms. The van der Waals surface area contributed by atoms with E-state index in [0.29, 0.717) is 156 Å². The van der Waals surface area contributed by atoms with Gasteiger partial charge in [-0.3, -0.25) is 48.8 Å². The van der Waals surface area contributed by atoms with E-state index in [0.717, 1.165) is 49.9 Å². The van der Waals surface area contributed by atoms with E-state index in [4.69, 9.17) is 47.6 Å². The Hall–Kier alpha value is -8.27. The number of esters is 2. The number of nitrogens with one attached hydrogen (secondary N) is 6. The van der Waals surface area contributed by atoms with Crippen molar-refractivity contribution in [2.45, 2.75) is 272 Å². The van der Waals surface area contributed by atoms with Gasteiger partial charge < -0.3 is 91.6 Å². The van der Waals surface area contributed by atoms with Crippen LogP contribution >= 0.6 is 9.84 Å². The highest BCUT2D eigenvalue weighted by molar-refractivity contribution is 6.92. The molecule has 2 aromatic rings. The first-order valence-electron chi connectivity index (χ1n) is 39.7. The van der Waals surface area contributed by atoms with Crippen LogP contribution in [0.5, 0.6) is 11.5 Å². The van der Waals surface area contributed by atoms with Crippen molar-refractivity contribution in [3.05, 3.63) is 59.7 Å². The zero-order valence-corrected chi connectivity index (χ0v) is 71.9. The predicted octanol–water partition coefficient (Wildman–Crippen LogP) is 12.1. The van der Waals surface area contributed by atoms with Crippen LogP contribution in [0.1, 0.15) is 256 Å². The summed E-state index contributed by atoms with van der Waals surface area (Å²) in [6.45, 7) is 24.1. The highest BCUT2D eigenvalue weighted by Gasteiger charge is 2.30. The van der Waals surface area contributed by atoms with E-state index in [1.165, 1.54) is 9.80 Å². The van der Waals surface area contributed by atoms with E-state index >= 15 is 0 Å². The second-order valence-corrected chi connectivity index (χ2v) is 31.1. The van der Waals surface area contributed by atoms with Crippen molar-refractivity contribution in [2.75, 3.05) is 89.1 Å². The molecule has 7 atom stereocenters. The number of unbranched alkanes of at least 4 members (excludes halogenated alkanes) is 3. The average Bonchev–Trinajstić information content (AvgIpc) is 0.852. The molecular formula is C83H147N13O16P-. The van der Waals surface area contributed by atoms with E-state index in [9.17, 15) is 52.7 Å². The van der Waals surface area contributed by atoms with Crippen LogP contribution in [0.15, 0.2) is 53.5 Å². The number of ether oxygens (including phenoxy) is 4. The van der Waals surface area contributed by atoms with Crippen molar-refractivity contribution in [1.82, 2.24) is 40.9 Å². The number of rotatable bonds is 50. The highest BCUT2D eigenvalue weighted by Crippen LogP contribution is 2.33. The lowest BCUT2D eigenvalue weighted by Gasteiger charge is -2.26. The van der Waals surface area contributed by atoms with Gasteiger partial charge in [-0.15, -0.1) is 0 Å². The van der Waals surface area contributed by atoms with Gasteiger partial charge >= 0.3 is 36.0 Å². The van der Waals surface area contributed by atoms with Crippen LogP contribution in [-0.4, -0.2) is 227 Å². The Morgan fingerprint density at radius 3 is 1.35 bits per heavy atom. The van der Waals surface area contributed by atoms with E-state index in [1.54, 1.807) is 74.8 Å². The number of ketones is 3. The van der Waals surface area contributed by atoms with Gasteiger partial charge in [-0.05, 0) is 226 Å². The van der Waals surface area contributed by atoms with Crippen LogP contribution in [0, 0.1) is 22.7 Å². The molecule has 11 N–H and O–H groups in total. The molecule has 30 heteroatoms. The Balaban J connectivity index is -0.000000814. The number of carbonyl (C=O) groups excluding carboxylic acids is 10. The van der Waals surface area contributed by atoms with Crippen LogP contribution in [0.25, 0.3) is 0 Å². The summed E-state index contributed by atoms with van der Waals surface area (Å²) in [4.78, 5) is 146. The van der Waals surface area contributed by atoms with Gasteiger partial charge in [-0.25, -0.2) is 15.7 Å². The van der Waals surface area contributed by atoms with E-state index in [1.807, 2.05) is 38.2 Å². The number of carboxylic acid groups (broad SMARTS) is 1. The van der Waals surface area contributed by atoms with Crippen molar-refractivity contribution in [2.24, 2.45) is 28.3 Å². The Morgan fingerprint density at radius 2 is 0.973 bits per heavy atom. The molecule has 2 aromatic carbocycles. The fourth-order valence-corrected chi connectivity index (χ4v) is 12.4. The van der Waals surface area contributed by atoms with Crippen LogP contribution in [0.3, 0.4) is 0 Å². The molecule has 0 aliphatic rings. The molecule has 5 amide bonds. The number of amides is 5. The number of carbonyl (C=O) groups is 11. The van der Waals surface area contributed by atoms with E-state index < -0.39 is 90.0 Å². The van der Waals surface area contributed by atoms with Gasteiger partial charge in [-0.1, -0.05) is 85.6 Å². The second-order valence-electron chi connectivity index (χ2n) is 31.1. The Bertz CT molecular complexity index is 3280. The first kappa shape index (κ1) is 107. The third kappa shape index (κ3) is 52.0. The molecule has 0 unspecified atom stereocenters. The molecule has 0 radical (unpaired) electrons. The molecule has 29 nitrogen and oxygen atoms in total. The molecule has 0 heterocycles. The lowest BCUT2D eigenvalue weighted by molar-refractivity contribution is -0.163. The minimum absolute atomic E-state index is 0. The third-order valence-corrected chi connectivity index (χ3v) is 17.9. The normalized spacial score (nSPS) is 13.2. The number of aliphatic carboxylic acids is 1. The molecule has 0 saturated carbocycles. The smallest absolute Gasteiger partial charge is 0.414 e. The molecule has 0 aliphatic carbocycles. The van der Waals surface area contributed by atoms with Gasteiger partial charge in [0.2, 0.25) is 11.8 Å². The molecule has 0 fully saturated rings. The predicted molar refractivity (Wildman–Crippen MR) is 454 cm³/mol. The molecule has 0 aromatic heterocycles. The Labute approximate surface area is 681 Å². The summed E-state index contributed by atoms with van der Waals surface area (Å²) in [7, 11) is 17.1. The standard InChI is InChI=1S/C35H58N4O6.C29H47N5O6.C18H34N4O4.CH4.H2P.H2/c1-10-27(36)17-12-13-19-30(37-32(41)23-33(42)45-35(4,5)6)31(40)20-15-21-39(9)34(43)44-28-18-14-16-26(22-28)29(11-2)25(3)24-38(7)8;1-6-23(20(2)19-33(3)4)21-11-9-12-22(17-21)40-29(39)34(5)16-10-14-25(35)24(13-7-8-15-26(30)31)32-27(36)18-28(37)38;1-18(2,3)26-17(25)16(24)22-13(14(23)10-8-12-20-4)9-6-7-11-15(19)21-5;;;/h14,16,18,22,25,29-30,36H,10-13,15,17,19-21,23-24H2,1-9H3,(H,37,41);9,11-12,17,20,23-24H,6-8,10,13-16,18-19H2,1-5H3,(H3,30,31)(H,32,36)(H,37,38);13,20H,6-12H2,1-5H3,(H2,19,21)(H,22,24);1H4;1H2;1H/q;;;;-1;/t25-,29+,30-;20-,23+,24-;13-;;;/m000.../s1/i;;;;1T;. The number of amidine groups is 2. The number of benzene rings is 2. The lowest BCUT2D eigenvalue weighted by atomic mass is 9.85. The van der Waals surface area contributed by atoms with Crippen LogP contribution in [0.4, 0.5) is 9.59 Å². The quantitative estimate of drug-likeness (QED) is 0.00565. The summed E-state index contributed by atoms with van der Waals surface area (Å²) in [6, 6.07) is 13.0. The molecule has 113 heavy (non-hydrogen) atoms. The summed E-state index contributed by atoms with van der Waals surface area (Å²) in [6.07, 6.45) is 9.20. The van der Waals surface area contributed by atoms with E-state index in [2.05, 4.69) is 114 Å². The number of Topliss-reactive ketones (excluding diaryl/α,β-unsaturated/α-hetero) is 3.